The SMILES string of the molecule is C=C(OCC12CC3CC(CC(C3)C1)C2)C(F)(F)S(=O)(=O)O. The second-order valence-corrected chi connectivity index (χ2v) is 8.58. The van der Waals surface area contributed by atoms with Gasteiger partial charge in [0.05, 0.1) is 6.61 Å². The fraction of sp³-hybridized carbons (Fsp3) is 0.857. The van der Waals surface area contributed by atoms with E-state index >= 15 is 0 Å². The summed E-state index contributed by atoms with van der Waals surface area (Å²) in [6, 6.07) is 0. The number of rotatable bonds is 5. The van der Waals surface area contributed by atoms with Crippen molar-refractivity contribution in [3.05, 3.63) is 12.3 Å². The molecule has 4 saturated carbocycles. The van der Waals surface area contributed by atoms with Gasteiger partial charge in [-0.25, -0.2) is 0 Å². The molecule has 0 saturated heterocycles. The molecule has 0 amide bonds. The van der Waals surface area contributed by atoms with Gasteiger partial charge in [-0.2, -0.15) is 17.2 Å². The number of hydrogen-bond donors (Lipinski definition) is 1. The Labute approximate surface area is 123 Å². The van der Waals surface area contributed by atoms with E-state index in [4.69, 9.17) is 9.29 Å². The summed E-state index contributed by atoms with van der Waals surface area (Å²) in [6.45, 7) is 3.07. The Morgan fingerprint density at radius 1 is 1.19 bits per heavy atom. The monoisotopic (exact) mass is 322 g/mol. The van der Waals surface area contributed by atoms with Crippen LogP contribution in [0, 0.1) is 23.2 Å². The van der Waals surface area contributed by atoms with Crippen LogP contribution in [-0.4, -0.2) is 24.8 Å². The van der Waals surface area contributed by atoms with Gasteiger partial charge in [0.15, 0.2) is 5.76 Å². The maximum absolute atomic E-state index is 13.4. The summed E-state index contributed by atoms with van der Waals surface area (Å²) in [5.74, 6) is 0.765. The highest BCUT2D eigenvalue weighted by molar-refractivity contribution is 7.87. The van der Waals surface area contributed by atoms with Crippen LogP contribution in [0.1, 0.15) is 38.5 Å². The maximum atomic E-state index is 13.4. The highest BCUT2D eigenvalue weighted by Gasteiger charge is 2.53. The Morgan fingerprint density at radius 2 is 1.62 bits per heavy atom. The molecule has 4 bridgehead atoms. The predicted octanol–water partition coefficient (Wildman–Crippen LogP) is 3.21. The van der Waals surface area contributed by atoms with E-state index in [1.54, 1.807) is 0 Å². The molecule has 0 unspecified atom stereocenters. The third kappa shape index (κ3) is 2.59. The Balaban J connectivity index is 1.67. The number of halogens is 2. The standard InChI is InChI=1S/C14H20F2O4S/c1-9(14(15,16)21(17,18)19)20-8-13-5-10-2-11(6-13)4-12(3-10)7-13/h10-12H,1-8H2,(H,17,18,19). The fourth-order valence-corrected chi connectivity index (χ4v) is 5.28. The summed E-state index contributed by atoms with van der Waals surface area (Å²) in [5, 5.41) is -4.45. The fourth-order valence-electron chi connectivity index (χ4n) is 4.93. The lowest BCUT2D eigenvalue weighted by Gasteiger charge is -2.56. The summed E-state index contributed by atoms with van der Waals surface area (Å²) in [4.78, 5) is 0. The second-order valence-electron chi connectivity index (χ2n) is 7.12. The quantitative estimate of drug-likeness (QED) is 0.623. The molecule has 0 aliphatic heterocycles. The van der Waals surface area contributed by atoms with Gasteiger partial charge in [-0.1, -0.05) is 6.58 Å². The molecule has 4 nitrogen and oxygen atoms in total. The van der Waals surface area contributed by atoms with Crippen molar-refractivity contribution in [2.75, 3.05) is 6.61 Å². The van der Waals surface area contributed by atoms with Gasteiger partial charge in [-0.05, 0) is 56.3 Å². The Hall–Kier alpha value is -0.690. The van der Waals surface area contributed by atoms with Crippen LogP contribution in [0.3, 0.4) is 0 Å². The lowest BCUT2D eigenvalue weighted by atomic mass is 9.50. The third-order valence-electron chi connectivity index (χ3n) is 5.37. The molecule has 0 radical (unpaired) electrons. The predicted molar refractivity (Wildman–Crippen MR) is 72.2 cm³/mol. The van der Waals surface area contributed by atoms with Crippen molar-refractivity contribution in [2.24, 2.45) is 23.2 Å². The van der Waals surface area contributed by atoms with Gasteiger partial charge < -0.3 is 4.74 Å². The van der Waals surface area contributed by atoms with Crippen LogP contribution in [0.2, 0.25) is 0 Å². The summed E-state index contributed by atoms with van der Waals surface area (Å²) in [7, 11) is -5.54. The van der Waals surface area contributed by atoms with Crippen molar-refractivity contribution in [1.82, 2.24) is 0 Å². The zero-order valence-corrected chi connectivity index (χ0v) is 12.5. The van der Waals surface area contributed by atoms with E-state index in [2.05, 4.69) is 6.58 Å². The lowest BCUT2D eigenvalue weighted by Crippen LogP contribution is -2.48. The molecular weight excluding hydrogens is 302 g/mol. The van der Waals surface area contributed by atoms with Gasteiger partial charge in [0.2, 0.25) is 0 Å². The minimum absolute atomic E-state index is 0.0699. The van der Waals surface area contributed by atoms with E-state index in [1.807, 2.05) is 0 Å². The summed E-state index contributed by atoms with van der Waals surface area (Å²) in [6.07, 6.45) is 6.56. The number of ether oxygens (including phenoxy) is 1. The molecule has 7 heteroatoms. The Bertz CT molecular complexity index is 520. The summed E-state index contributed by atoms with van der Waals surface area (Å²) >= 11 is 0. The summed E-state index contributed by atoms with van der Waals surface area (Å²) < 4.78 is 61.8. The van der Waals surface area contributed by atoms with Gasteiger partial charge in [0.25, 0.3) is 0 Å². The van der Waals surface area contributed by atoms with Crippen molar-refractivity contribution in [2.45, 2.75) is 43.8 Å². The van der Waals surface area contributed by atoms with Crippen LogP contribution in [0.25, 0.3) is 0 Å². The van der Waals surface area contributed by atoms with E-state index in [0.29, 0.717) is 17.8 Å². The van der Waals surface area contributed by atoms with E-state index in [9.17, 15) is 17.2 Å². The number of hydrogen-bond acceptors (Lipinski definition) is 3. The molecule has 0 heterocycles. The van der Waals surface area contributed by atoms with Crippen molar-refractivity contribution in [1.29, 1.82) is 0 Å². The molecule has 0 atom stereocenters. The second kappa shape index (κ2) is 4.65. The average Bonchev–Trinajstić information content (AvgIpc) is 2.32. The normalized spacial score (nSPS) is 38.5. The molecule has 4 aliphatic rings. The zero-order valence-electron chi connectivity index (χ0n) is 11.7. The minimum atomic E-state index is -5.54. The van der Waals surface area contributed by atoms with E-state index in [1.165, 1.54) is 19.3 Å². The van der Waals surface area contributed by atoms with Crippen LogP contribution < -0.4 is 0 Å². The van der Waals surface area contributed by atoms with Crippen LogP contribution in [0.4, 0.5) is 8.78 Å². The highest BCUT2D eigenvalue weighted by Crippen LogP contribution is 2.60. The molecule has 0 aromatic rings. The molecule has 0 aromatic carbocycles. The third-order valence-corrected chi connectivity index (χ3v) is 6.24. The van der Waals surface area contributed by atoms with Gasteiger partial charge in [0.1, 0.15) is 0 Å². The van der Waals surface area contributed by atoms with Crippen LogP contribution in [-0.2, 0) is 14.9 Å². The molecule has 0 spiro atoms. The average molecular weight is 322 g/mol. The lowest BCUT2D eigenvalue weighted by molar-refractivity contribution is -0.0950. The molecule has 0 aromatic heterocycles. The first-order valence-electron chi connectivity index (χ1n) is 7.28. The van der Waals surface area contributed by atoms with E-state index in [0.717, 1.165) is 19.3 Å². The van der Waals surface area contributed by atoms with Crippen molar-refractivity contribution >= 4 is 10.1 Å². The first-order valence-corrected chi connectivity index (χ1v) is 8.72. The van der Waals surface area contributed by atoms with Gasteiger partial charge in [0, 0.05) is 5.41 Å². The van der Waals surface area contributed by atoms with Crippen LogP contribution in [0.15, 0.2) is 12.3 Å². The van der Waals surface area contributed by atoms with Gasteiger partial charge in [-0.3, -0.25) is 4.55 Å². The van der Waals surface area contributed by atoms with Crippen LogP contribution in [0.5, 0.6) is 0 Å². The smallest absolute Gasteiger partial charge is 0.424 e. The molecule has 4 aliphatic carbocycles. The molecule has 4 rings (SSSR count). The first-order chi connectivity index (χ1) is 9.61. The Morgan fingerprint density at radius 3 is 2.00 bits per heavy atom. The van der Waals surface area contributed by atoms with E-state index in [-0.39, 0.29) is 12.0 Å². The topological polar surface area (TPSA) is 63.6 Å². The van der Waals surface area contributed by atoms with Crippen molar-refractivity contribution in [3.63, 3.8) is 0 Å². The molecule has 120 valence electrons. The molecule has 21 heavy (non-hydrogen) atoms. The molecular formula is C14H20F2O4S. The van der Waals surface area contributed by atoms with Crippen molar-refractivity contribution in [3.8, 4) is 0 Å². The molecule has 1 N–H and O–H groups in total. The highest BCUT2D eigenvalue weighted by atomic mass is 32.2. The van der Waals surface area contributed by atoms with E-state index < -0.39 is 21.1 Å². The van der Waals surface area contributed by atoms with Crippen molar-refractivity contribution < 1.29 is 26.5 Å². The molecule has 4 fully saturated rings. The number of alkyl halides is 2. The van der Waals surface area contributed by atoms with Gasteiger partial charge >= 0.3 is 15.4 Å². The van der Waals surface area contributed by atoms with Gasteiger partial charge in [-0.15, -0.1) is 0 Å². The summed E-state index contributed by atoms with van der Waals surface area (Å²) in [5.41, 5.74) is -0.118. The maximum Gasteiger partial charge on any atom is 0.424 e. The Kier molecular flexibility index (Phi) is 3.37. The first kappa shape index (κ1) is 15.2. The zero-order chi connectivity index (χ0) is 15.5. The minimum Gasteiger partial charge on any atom is -0.490 e. The van der Waals surface area contributed by atoms with Crippen LogP contribution >= 0.6 is 0 Å². The largest absolute Gasteiger partial charge is 0.490 e.